The molecule has 5 nitrogen and oxygen atoms in total. The third-order valence-electron chi connectivity index (χ3n) is 2.77. The van der Waals surface area contributed by atoms with Crippen molar-refractivity contribution in [3.63, 3.8) is 0 Å². The van der Waals surface area contributed by atoms with Gasteiger partial charge in [-0.2, -0.15) is 0 Å². The van der Waals surface area contributed by atoms with Crippen molar-refractivity contribution in [1.82, 2.24) is 15.0 Å². The molecule has 5 heteroatoms. The van der Waals surface area contributed by atoms with E-state index in [4.69, 9.17) is 5.73 Å². The summed E-state index contributed by atoms with van der Waals surface area (Å²) >= 11 is 0. The summed E-state index contributed by atoms with van der Waals surface area (Å²) in [4.78, 5) is 0. The van der Waals surface area contributed by atoms with Gasteiger partial charge in [-0.1, -0.05) is 19.1 Å². The van der Waals surface area contributed by atoms with Crippen LogP contribution in [0.5, 0.6) is 0 Å². The average Bonchev–Trinajstić information content (AvgIpc) is 2.62. The van der Waals surface area contributed by atoms with E-state index >= 15 is 0 Å². The topological polar surface area (TPSA) is 77.0 Å². The van der Waals surface area contributed by atoms with Gasteiger partial charge in [-0.3, -0.25) is 0 Å². The summed E-state index contributed by atoms with van der Waals surface area (Å²) in [6, 6.07) is 5.44. The highest BCUT2D eigenvalue weighted by Gasteiger charge is 2.18. The Labute approximate surface area is 93.9 Å². The van der Waals surface area contributed by atoms with Crippen LogP contribution in [0.3, 0.4) is 0 Å². The first-order valence-electron chi connectivity index (χ1n) is 5.34. The molecule has 0 fully saturated rings. The van der Waals surface area contributed by atoms with Crippen LogP contribution in [0.25, 0.3) is 11.0 Å². The number of fused-ring (bicyclic) bond motifs is 1. The first-order chi connectivity index (χ1) is 7.63. The molecular weight excluding hydrogens is 204 g/mol. The maximum absolute atomic E-state index is 9.37. The van der Waals surface area contributed by atoms with Gasteiger partial charge in [0.2, 0.25) is 0 Å². The molecule has 0 bridgehead atoms. The number of rotatable bonds is 3. The Hall–Kier alpha value is -1.62. The van der Waals surface area contributed by atoms with Gasteiger partial charge in [0.05, 0.1) is 18.2 Å². The molecule has 0 spiro atoms. The zero-order valence-corrected chi connectivity index (χ0v) is 9.46. The standard InChI is InChI=1S/C11H16N4O/c1-7(2)11(6-16)15-10-4-3-8(12)5-9(10)13-14-15/h3-5,7,11,16H,6,12H2,1-2H3. The SMILES string of the molecule is CC(C)C(CO)n1nnc2cc(N)ccc21. The Morgan fingerprint density at radius 2 is 2.19 bits per heavy atom. The third-order valence-corrected chi connectivity index (χ3v) is 2.77. The molecule has 2 rings (SSSR count). The smallest absolute Gasteiger partial charge is 0.115 e. The number of nitrogens with two attached hydrogens (primary N) is 1. The second-order valence-electron chi connectivity index (χ2n) is 4.28. The third kappa shape index (κ3) is 1.74. The van der Waals surface area contributed by atoms with E-state index < -0.39 is 0 Å². The van der Waals surface area contributed by atoms with Crippen molar-refractivity contribution in [2.75, 3.05) is 12.3 Å². The summed E-state index contributed by atoms with van der Waals surface area (Å²) in [5, 5.41) is 17.5. The molecule has 1 atom stereocenters. The lowest BCUT2D eigenvalue weighted by molar-refractivity contribution is 0.184. The number of nitrogen functional groups attached to an aromatic ring is 1. The van der Waals surface area contributed by atoms with Crippen LogP contribution in [0.4, 0.5) is 5.69 Å². The quantitative estimate of drug-likeness (QED) is 0.762. The highest BCUT2D eigenvalue weighted by molar-refractivity contribution is 5.78. The van der Waals surface area contributed by atoms with Gasteiger partial charge in [-0.15, -0.1) is 5.10 Å². The molecule has 1 aromatic heterocycles. The molecular formula is C11H16N4O. The van der Waals surface area contributed by atoms with E-state index in [-0.39, 0.29) is 12.6 Å². The molecule has 1 aromatic carbocycles. The second-order valence-corrected chi connectivity index (χ2v) is 4.28. The van der Waals surface area contributed by atoms with Gasteiger partial charge >= 0.3 is 0 Å². The molecule has 0 amide bonds. The summed E-state index contributed by atoms with van der Waals surface area (Å²) in [6.45, 7) is 4.15. The summed E-state index contributed by atoms with van der Waals surface area (Å²) in [7, 11) is 0. The zero-order valence-electron chi connectivity index (χ0n) is 9.46. The van der Waals surface area contributed by atoms with Crippen LogP contribution in [-0.2, 0) is 0 Å². The minimum Gasteiger partial charge on any atom is -0.399 e. The van der Waals surface area contributed by atoms with Crippen molar-refractivity contribution in [2.45, 2.75) is 19.9 Å². The lowest BCUT2D eigenvalue weighted by atomic mass is 10.1. The van der Waals surface area contributed by atoms with Crippen LogP contribution in [0.15, 0.2) is 18.2 Å². The zero-order chi connectivity index (χ0) is 11.7. The number of hydrogen-bond donors (Lipinski definition) is 2. The van der Waals surface area contributed by atoms with E-state index in [1.807, 2.05) is 26.0 Å². The molecule has 16 heavy (non-hydrogen) atoms. The van der Waals surface area contributed by atoms with Crippen LogP contribution in [0.2, 0.25) is 0 Å². The highest BCUT2D eigenvalue weighted by atomic mass is 16.3. The average molecular weight is 220 g/mol. The van der Waals surface area contributed by atoms with Crippen molar-refractivity contribution in [2.24, 2.45) is 5.92 Å². The fourth-order valence-corrected chi connectivity index (χ4v) is 1.77. The van der Waals surface area contributed by atoms with Crippen LogP contribution < -0.4 is 5.73 Å². The van der Waals surface area contributed by atoms with Crippen molar-refractivity contribution in [3.8, 4) is 0 Å². The second kappa shape index (κ2) is 4.09. The minimum absolute atomic E-state index is 0.0476. The molecule has 86 valence electrons. The number of aromatic nitrogens is 3. The lowest BCUT2D eigenvalue weighted by Crippen LogP contribution is -2.20. The minimum atomic E-state index is -0.0476. The van der Waals surface area contributed by atoms with E-state index in [1.165, 1.54) is 0 Å². The molecule has 1 heterocycles. The first kappa shape index (κ1) is 10.9. The van der Waals surface area contributed by atoms with Gasteiger partial charge in [0.15, 0.2) is 0 Å². The number of benzene rings is 1. The lowest BCUT2D eigenvalue weighted by Gasteiger charge is -2.18. The molecule has 2 aromatic rings. The summed E-state index contributed by atoms with van der Waals surface area (Å²) < 4.78 is 1.76. The van der Waals surface area contributed by atoms with Crippen LogP contribution >= 0.6 is 0 Å². The predicted octanol–water partition coefficient (Wildman–Crippen LogP) is 1.20. The number of nitrogens with zero attached hydrogens (tertiary/aromatic N) is 3. The van der Waals surface area contributed by atoms with Crippen molar-refractivity contribution >= 4 is 16.7 Å². The largest absolute Gasteiger partial charge is 0.399 e. The van der Waals surface area contributed by atoms with Crippen LogP contribution in [0, 0.1) is 5.92 Å². The molecule has 0 radical (unpaired) electrons. The monoisotopic (exact) mass is 220 g/mol. The van der Waals surface area contributed by atoms with Gasteiger partial charge in [0.1, 0.15) is 5.52 Å². The van der Waals surface area contributed by atoms with Crippen LogP contribution in [0.1, 0.15) is 19.9 Å². The number of anilines is 1. The maximum Gasteiger partial charge on any atom is 0.115 e. The molecule has 0 aliphatic heterocycles. The molecule has 0 saturated heterocycles. The normalized spacial score (nSPS) is 13.5. The van der Waals surface area contributed by atoms with Gasteiger partial charge in [-0.25, -0.2) is 4.68 Å². The fraction of sp³-hybridized carbons (Fsp3) is 0.455. The van der Waals surface area contributed by atoms with E-state index in [0.717, 1.165) is 11.0 Å². The van der Waals surface area contributed by atoms with Crippen molar-refractivity contribution < 1.29 is 5.11 Å². The van der Waals surface area contributed by atoms with E-state index in [9.17, 15) is 5.11 Å². The summed E-state index contributed by atoms with van der Waals surface area (Å²) in [5.41, 5.74) is 8.01. The molecule has 0 aliphatic rings. The van der Waals surface area contributed by atoms with E-state index in [2.05, 4.69) is 10.3 Å². The Morgan fingerprint density at radius 3 is 2.81 bits per heavy atom. The Kier molecular flexibility index (Phi) is 2.78. The highest BCUT2D eigenvalue weighted by Crippen LogP contribution is 2.22. The molecule has 0 aliphatic carbocycles. The van der Waals surface area contributed by atoms with E-state index in [0.29, 0.717) is 11.6 Å². The first-order valence-corrected chi connectivity index (χ1v) is 5.34. The Balaban J connectivity index is 2.52. The maximum atomic E-state index is 9.37. The molecule has 0 saturated carbocycles. The van der Waals surface area contributed by atoms with Crippen molar-refractivity contribution in [1.29, 1.82) is 0 Å². The van der Waals surface area contributed by atoms with Gasteiger partial charge in [0.25, 0.3) is 0 Å². The number of aliphatic hydroxyl groups is 1. The molecule has 1 unspecified atom stereocenters. The summed E-state index contributed by atoms with van der Waals surface area (Å²) in [5.74, 6) is 0.299. The predicted molar refractivity (Wildman–Crippen MR) is 62.9 cm³/mol. The Bertz CT molecular complexity index is 492. The fourth-order valence-electron chi connectivity index (χ4n) is 1.77. The van der Waals surface area contributed by atoms with Crippen LogP contribution in [-0.4, -0.2) is 26.7 Å². The number of hydrogen-bond acceptors (Lipinski definition) is 4. The van der Waals surface area contributed by atoms with E-state index in [1.54, 1.807) is 10.7 Å². The van der Waals surface area contributed by atoms with Crippen molar-refractivity contribution in [3.05, 3.63) is 18.2 Å². The number of aliphatic hydroxyl groups excluding tert-OH is 1. The van der Waals surface area contributed by atoms with Gasteiger partial charge < -0.3 is 10.8 Å². The summed E-state index contributed by atoms with van der Waals surface area (Å²) in [6.07, 6.45) is 0. The molecule has 3 N–H and O–H groups in total. The Morgan fingerprint density at radius 1 is 1.44 bits per heavy atom. The van der Waals surface area contributed by atoms with Gasteiger partial charge in [-0.05, 0) is 24.1 Å². The van der Waals surface area contributed by atoms with Gasteiger partial charge in [0, 0.05) is 5.69 Å².